The molecule has 0 unspecified atom stereocenters. The van der Waals surface area contributed by atoms with Gasteiger partial charge in [-0.05, 0) is 52.5 Å². The molecule has 1 aromatic carbocycles. The van der Waals surface area contributed by atoms with E-state index in [9.17, 15) is 14.5 Å². The molecular weight excluding hydrogens is 261 g/mol. The van der Waals surface area contributed by atoms with Crippen molar-refractivity contribution in [2.75, 3.05) is 20.1 Å². The monoisotopic (exact) mass is 283 g/mol. The quantitative estimate of drug-likeness (QED) is 0.452. The summed E-state index contributed by atoms with van der Waals surface area (Å²) in [6, 6.07) is 4.03. The summed E-state index contributed by atoms with van der Waals surface area (Å²) in [7, 11) is 2.06. The lowest BCUT2D eigenvalue weighted by atomic mass is 10.1. The van der Waals surface area contributed by atoms with E-state index < -0.39 is 10.7 Å². The van der Waals surface area contributed by atoms with Gasteiger partial charge in [0.15, 0.2) is 0 Å². The van der Waals surface area contributed by atoms with Gasteiger partial charge in [0, 0.05) is 24.2 Å². The molecule has 6 heteroatoms. The molecule has 1 N–H and O–H groups in total. The maximum absolute atomic E-state index is 13.1. The molecule has 0 amide bonds. The first-order valence-electron chi connectivity index (χ1n) is 6.75. The predicted octanol–water partition coefficient (Wildman–Crippen LogP) is 2.55. The fourth-order valence-electron chi connectivity index (χ4n) is 1.81. The van der Waals surface area contributed by atoms with Crippen LogP contribution in [-0.4, -0.2) is 36.0 Å². The van der Waals surface area contributed by atoms with E-state index in [1.54, 1.807) is 0 Å². The number of nitro groups is 1. The van der Waals surface area contributed by atoms with E-state index in [-0.39, 0.29) is 5.69 Å². The standard InChI is InChI=1S/C14H22FN3O2/c1-11(2)17(3)8-4-7-16-10-12-9-13(15)5-6-14(12)18(19)20/h5-6,9,11,16H,4,7-8,10H2,1-3H3. The molecule has 0 atom stereocenters. The van der Waals surface area contributed by atoms with Gasteiger partial charge in [0.25, 0.3) is 5.69 Å². The lowest BCUT2D eigenvalue weighted by Crippen LogP contribution is -2.29. The number of halogens is 1. The van der Waals surface area contributed by atoms with E-state index in [2.05, 4.69) is 31.1 Å². The normalized spacial score (nSPS) is 11.3. The molecule has 20 heavy (non-hydrogen) atoms. The maximum atomic E-state index is 13.1. The number of rotatable bonds is 8. The molecule has 0 saturated heterocycles. The van der Waals surface area contributed by atoms with Gasteiger partial charge in [-0.3, -0.25) is 10.1 Å². The van der Waals surface area contributed by atoms with Crippen LogP contribution in [0, 0.1) is 15.9 Å². The van der Waals surface area contributed by atoms with Gasteiger partial charge < -0.3 is 10.2 Å². The first kappa shape index (κ1) is 16.5. The Labute approximate surface area is 118 Å². The van der Waals surface area contributed by atoms with Gasteiger partial charge in [-0.25, -0.2) is 4.39 Å². The van der Waals surface area contributed by atoms with Gasteiger partial charge in [0.05, 0.1) is 4.92 Å². The molecule has 0 saturated carbocycles. The minimum Gasteiger partial charge on any atom is -0.312 e. The smallest absolute Gasteiger partial charge is 0.274 e. The molecule has 112 valence electrons. The van der Waals surface area contributed by atoms with Crippen molar-refractivity contribution in [1.82, 2.24) is 10.2 Å². The lowest BCUT2D eigenvalue weighted by molar-refractivity contribution is -0.385. The number of nitro benzene ring substituents is 1. The second-order valence-electron chi connectivity index (χ2n) is 5.13. The van der Waals surface area contributed by atoms with E-state index in [0.29, 0.717) is 18.2 Å². The molecule has 0 heterocycles. The molecule has 0 fully saturated rings. The number of hydrogen-bond donors (Lipinski definition) is 1. The summed E-state index contributed by atoms with van der Waals surface area (Å²) in [6.07, 6.45) is 0.942. The number of nitrogens with zero attached hydrogens (tertiary/aromatic N) is 2. The second-order valence-corrected chi connectivity index (χ2v) is 5.13. The van der Waals surface area contributed by atoms with Crippen molar-refractivity contribution in [3.05, 3.63) is 39.7 Å². The van der Waals surface area contributed by atoms with Crippen LogP contribution in [0.1, 0.15) is 25.8 Å². The highest BCUT2D eigenvalue weighted by atomic mass is 19.1. The fourth-order valence-corrected chi connectivity index (χ4v) is 1.81. The summed E-state index contributed by atoms with van der Waals surface area (Å²) in [5, 5.41) is 14.0. The van der Waals surface area contributed by atoms with Crippen LogP contribution < -0.4 is 5.32 Å². The Morgan fingerprint density at radius 1 is 1.45 bits per heavy atom. The van der Waals surface area contributed by atoms with Crippen LogP contribution in [0.15, 0.2) is 18.2 Å². The number of benzene rings is 1. The molecule has 0 aromatic heterocycles. The first-order chi connectivity index (χ1) is 9.41. The largest absolute Gasteiger partial charge is 0.312 e. The Morgan fingerprint density at radius 2 is 2.15 bits per heavy atom. The zero-order valence-corrected chi connectivity index (χ0v) is 12.2. The SMILES string of the molecule is CC(C)N(C)CCCNCc1cc(F)ccc1[N+](=O)[O-]. The van der Waals surface area contributed by atoms with Crippen molar-refractivity contribution in [3.63, 3.8) is 0 Å². The topological polar surface area (TPSA) is 58.4 Å². The third kappa shape index (κ3) is 5.22. The third-order valence-corrected chi connectivity index (χ3v) is 3.30. The zero-order valence-electron chi connectivity index (χ0n) is 12.2. The van der Waals surface area contributed by atoms with Gasteiger partial charge in [-0.1, -0.05) is 0 Å². The van der Waals surface area contributed by atoms with Crippen LogP contribution in [0.25, 0.3) is 0 Å². The van der Waals surface area contributed by atoms with Crippen molar-refractivity contribution in [2.24, 2.45) is 0 Å². The van der Waals surface area contributed by atoms with Crippen LogP contribution in [0.4, 0.5) is 10.1 Å². The molecule has 1 aromatic rings. The summed E-state index contributed by atoms with van der Waals surface area (Å²) in [6.45, 7) is 6.26. The Balaban J connectivity index is 2.42. The van der Waals surface area contributed by atoms with Gasteiger partial charge in [-0.2, -0.15) is 0 Å². The molecule has 0 bridgehead atoms. The Kier molecular flexibility index (Phi) is 6.54. The van der Waals surface area contributed by atoms with E-state index in [1.165, 1.54) is 12.1 Å². The van der Waals surface area contributed by atoms with E-state index in [0.717, 1.165) is 25.6 Å². The number of hydrogen-bond acceptors (Lipinski definition) is 4. The van der Waals surface area contributed by atoms with Crippen molar-refractivity contribution in [1.29, 1.82) is 0 Å². The summed E-state index contributed by atoms with van der Waals surface area (Å²) in [4.78, 5) is 12.6. The minimum atomic E-state index is -0.483. The Hall–Kier alpha value is -1.53. The molecule has 0 aliphatic carbocycles. The van der Waals surface area contributed by atoms with Crippen LogP contribution >= 0.6 is 0 Å². The van der Waals surface area contributed by atoms with E-state index in [1.807, 2.05) is 0 Å². The highest BCUT2D eigenvalue weighted by molar-refractivity contribution is 5.40. The van der Waals surface area contributed by atoms with Gasteiger partial charge in [0.1, 0.15) is 5.82 Å². The average molecular weight is 283 g/mol. The average Bonchev–Trinajstić information content (AvgIpc) is 2.37. The third-order valence-electron chi connectivity index (χ3n) is 3.30. The van der Waals surface area contributed by atoms with Gasteiger partial charge in [0.2, 0.25) is 0 Å². The summed E-state index contributed by atoms with van der Waals surface area (Å²) in [5.74, 6) is -0.452. The molecule has 0 aliphatic heterocycles. The molecule has 0 radical (unpaired) electrons. The summed E-state index contributed by atoms with van der Waals surface area (Å²) >= 11 is 0. The predicted molar refractivity (Wildman–Crippen MR) is 77.1 cm³/mol. The van der Waals surface area contributed by atoms with Crippen molar-refractivity contribution >= 4 is 5.69 Å². The lowest BCUT2D eigenvalue weighted by Gasteiger charge is -2.20. The maximum Gasteiger partial charge on any atom is 0.274 e. The van der Waals surface area contributed by atoms with Gasteiger partial charge >= 0.3 is 0 Å². The van der Waals surface area contributed by atoms with Crippen LogP contribution in [0.3, 0.4) is 0 Å². The van der Waals surface area contributed by atoms with Crippen LogP contribution in [-0.2, 0) is 6.54 Å². The Bertz CT molecular complexity index is 452. The van der Waals surface area contributed by atoms with E-state index >= 15 is 0 Å². The van der Waals surface area contributed by atoms with E-state index in [4.69, 9.17) is 0 Å². The molecule has 0 aliphatic rings. The summed E-state index contributed by atoms with van der Waals surface area (Å²) in [5.41, 5.74) is 0.338. The first-order valence-corrected chi connectivity index (χ1v) is 6.75. The molecule has 1 rings (SSSR count). The minimum absolute atomic E-state index is 0.0433. The van der Waals surface area contributed by atoms with Gasteiger partial charge in [-0.15, -0.1) is 0 Å². The van der Waals surface area contributed by atoms with Crippen molar-refractivity contribution in [2.45, 2.75) is 32.9 Å². The van der Waals surface area contributed by atoms with Crippen LogP contribution in [0.5, 0.6) is 0 Å². The summed E-state index contributed by atoms with van der Waals surface area (Å²) < 4.78 is 13.1. The van der Waals surface area contributed by atoms with Crippen molar-refractivity contribution < 1.29 is 9.31 Å². The Morgan fingerprint density at radius 3 is 2.75 bits per heavy atom. The highest BCUT2D eigenvalue weighted by Gasteiger charge is 2.13. The second kappa shape index (κ2) is 7.91. The molecular formula is C14H22FN3O2. The fraction of sp³-hybridized carbons (Fsp3) is 0.571. The van der Waals surface area contributed by atoms with Crippen LogP contribution in [0.2, 0.25) is 0 Å². The zero-order chi connectivity index (χ0) is 15.1. The van der Waals surface area contributed by atoms with Crippen molar-refractivity contribution in [3.8, 4) is 0 Å². The molecule has 5 nitrogen and oxygen atoms in total. The highest BCUT2D eigenvalue weighted by Crippen LogP contribution is 2.19. The number of nitrogens with one attached hydrogen (secondary N) is 1. The molecule has 0 spiro atoms.